The number of carbonyl (C=O) groups is 2. The summed E-state index contributed by atoms with van der Waals surface area (Å²) in [6, 6.07) is 11.1. The van der Waals surface area contributed by atoms with Crippen molar-refractivity contribution in [1.82, 2.24) is 25.5 Å². The van der Waals surface area contributed by atoms with Crippen LogP contribution in [0.2, 0.25) is 0 Å². The molecule has 0 bridgehead atoms. The van der Waals surface area contributed by atoms with Crippen molar-refractivity contribution < 1.29 is 32.2 Å². The highest BCUT2D eigenvalue weighted by molar-refractivity contribution is 7.99. The summed E-state index contributed by atoms with van der Waals surface area (Å²) >= 11 is 0.945. The molecule has 0 atom stereocenters. The van der Waals surface area contributed by atoms with Gasteiger partial charge >= 0.3 is 6.36 Å². The summed E-state index contributed by atoms with van der Waals surface area (Å²) in [6.45, 7) is 0. The van der Waals surface area contributed by atoms with E-state index < -0.39 is 23.9 Å². The smallest absolute Gasteiger partial charge is 0.497 e. The summed E-state index contributed by atoms with van der Waals surface area (Å²) in [5, 5.41) is 13.5. The molecule has 3 rings (SSSR count). The Kier molecular flexibility index (Phi) is 6.74. The lowest BCUT2D eigenvalue weighted by atomic mass is 10.2. The molecule has 0 saturated carbocycles. The lowest BCUT2D eigenvalue weighted by Gasteiger charge is -2.09. The maximum atomic E-state index is 12.3. The minimum atomic E-state index is -4.80. The first kappa shape index (κ1) is 22.1. The van der Waals surface area contributed by atoms with E-state index in [9.17, 15) is 22.8 Å². The van der Waals surface area contributed by atoms with Crippen LogP contribution >= 0.6 is 11.8 Å². The number of aromatic nitrogens is 4. The molecular weight excluding hydrogens is 439 g/mol. The number of rotatable bonds is 7. The number of hydrogen-bond donors (Lipinski definition) is 1. The molecular formula is C18H14F3N5O4S. The Labute approximate surface area is 177 Å². The first-order valence-electron chi connectivity index (χ1n) is 8.51. The molecule has 1 N–H and O–H groups in total. The third-order valence-corrected chi connectivity index (χ3v) is 4.61. The largest absolute Gasteiger partial charge is 0.573 e. The van der Waals surface area contributed by atoms with E-state index in [4.69, 9.17) is 4.74 Å². The second-order valence-corrected chi connectivity index (χ2v) is 6.75. The number of imide groups is 1. The molecule has 2 aromatic carbocycles. The van der Waals surface area contributed by atoms with Crippen molar-refractivity contribution in [2.45, 2.75) is 11.5 Å². The molecule has 0 radical (unpaired) electrons. The molecule has 0 saturated heterocycles. The lowest BCUT2D eigenvalue weighted by molar-refractivity contribution is -0.274. The van der Waals surface area contributed by atoms with Crippen molar-refractivity contribution in [1.29, 1.82) is 0 Å². The number of thioether (sulfide) groups is 1. The first-order valence-corrected chi connectivity index (χ1v) is 9.49. The van der Waals surface area contributed by atoms with Gasteiger partial charge in [0.1, 0.15) is 11.5 Å². The number of nitrogens with zero attached hydrogens (tertiary/aromatic N) is 4. The third-order valence-electron chi connectivity index (χ3n) is 3.69. The maximum absolute atomic E-state index is 12.3. The number of tetrazole rings is 1. The van der Waals surface area contributed by atoms with Crippen LogP contribution in [-0.2, 0) is 4.79 Å². The van der Waals surface area contributed by atoms with Gasteiger partial charge in [-0.3, -0.25) is 14.9 Å². The number of methoxy groups -OCH3 is 1. The minimum Gasteiger partial charge on any atom is -0.497 e. The van der Waals surface area contributed by atoms with Crippen molar-refractivity contribution in [2.75, 3.05) is 12.9 Å². The summed E-state index contributed by atoms with van der Waals surface area (Å²) < 4.78 is 46.8. The molecule has 0 fully saturated rings. The Morgan fingerprint density at radius 1 is 1.06 bits per heavy atom. The quantitative estimate of drug-likeness (QED) is 0.544. The summed E-state index contributed by atoms with van der Waals surface area (Å²) in [5.74, 6) is -1.14. The molecule has 1 aromatic heterocycles. The van der Waals surface area contributed by atoms with Gasteiger partial charge in [-0.05, 0) is 59.0 Å². The molecule has 0 aliphatic carbocycles. The topological polar surface area (TPSA) is 108 Å². The predicted octanol–water partition coefficient (Wildman–Crippen LogP) is 2.62. The van der Waals surface area contributed by atoms with E-state index in [1.165, 1.54) is 36.1 Å². The number of hydrogen-bond acceptors (Lipinski definition) is 8. The van der Waals surface area contributed by atoms with E-state index in [0.717, 1.165) is 23.9 Å². The van der Waals surface area contributed by atoms with Crippen LogP contribution in [0.3, 0.4) is 0 Å². The Bertz CT molecular complexity index is 1060. The van der Waals surface area contributed by atoms with Crippen molar-refractivity contribution in [3.05, 3.63) is 54.1 Å². The van der Waals surface area contributed by atoms with Gasteiger partial charge in [-0.1, -0.05) is 11.8 Å². The molecule has 31 heavy (non-hydrogen) atoms. The number of ether oxygens (including phenoxy) is 2. The standard InChI is InChI=1S/C18H14F3N5O4S/c1-29-13-6-2-11(3-7-13)16(28)22-15(27)10-31-17-23-24-25-26(17)12-4-8-14(9-5-12)30-18(19,20)21/h2-9H,10H2,1H3,(H,22,27,28). The molecule has 0 spiro atoms. The fourth-order valence-corrected chi connectivity index (χ4v) is 3.02. The number of alkyl halides is 3. The van der Waals surface area contributed by atoms with Crippen LogP contribution in [0, 0.1) is 0 Å². The van der Waals surface area contributed by atoms with Crippen molar-refractivity contribution in [2.24, 2.45) is 0 Å². The van der Waals surface area contributed by atoms with Crippen LogP contribution < -0.4 is 14.8 Å². The van der Waals surface area contributed by atoms with Crippen LogP contribution in [0.4, 0.5) is 13.2 Å². The fourth-order valence-electron chi connectivity index (χ4n) is 2.33. The zero-order chi connectivity index (χ0) is 22.4. The highest BCUT2D eigenvalue weighted by Crippen LogP contribution is 2.25. The highest BCUT2D eigenvalue weighted by Gasteiger charge is 2.31. The Balaban J connectivity index is 1.58. The molecule has 0 aliphatic heterocycles. The fraction of sp³-hybridized carbons (Fsp3) is 0.167. The monoisotopic (exact) mass is 453 g/mol. The first-order chi connectivity index (χ1) is 14.7. The van der Waals surface area contributed by atoms with Gasteiger partial charge in [0.2, 0.25) is 11.1 Å². The average molecular weight is 453 g/mol. The molecule has 162 valence electrons. The highest BCUT2D eigenvalue weighted by atomic mass is 32.2. The molecule has 1 heterocycles. The van der Waals surface area contributed by atoms with E-state index in [1.807, 2.05) is 0 Å². The average Bonchev–Trinajstić information content (AvgIpc) is 3.20. The summed E-state index contributed by atoms with van der Waals surface area (Å²) in [6.07, 6.45) is -4.80. The number of amides is 2. The minimum absolute atomic E-state index is 0.169. The zero-order valence-corrected chi connectivity index (χ0v) is 16.6. The van der Waals surface area contributed by atoms with Crippen LogP contribution in [-0.4, -0.2) is 51.2 Å². The van der Waals surface area contributed by atoms with Gasteiger partial charge in [0.25, 0.3) is 5.91 Å². The molecule has 2 amide bonds. The Morgan fingerprint density at radius 2 is 1.71 bits per heavy atom. The Hall–Kier alpha value is -3.61. The predicted molar refractivity (Wildman–Crippen MR) is 102 cm³/mol. The van der Waals surface area contributed by atoms with Crippen LogP contribution in [0.25, 0.3) is 5.69 Å². The van der Waals surface area contributed by atoms with E-state index in [2.05, 4.69) is 25.6 Å². The number of carbonyl (C=O) groups excluding carboxylic acids is 2. The van der Waals surface area contributed by atoms with Gasteiger partial charge in [0.05, 0.1) is 18.6 Å². The number of halogens is 3. The molecule has 0 unspecified atom stereocenters. The van der Waals surface area contributed by atoms with Gasteiger partial charge in [0, 0.05) is 5.56 Å². The van der Waals surface area contributed by atoms with Crippen LogP contribution in [0.5, 0.6) is 11.5 Å². The SMILES string of the molecule is COc1ccc(C(=O)NC(=O)CSc2nnnn2-c2ccc(OC(F)(F)F)cc2)cc1. The van der Waals surface area contributed by atoms with Gasteiger partial charge in [-0.15, -0.1) is 18.3 Å². The third kappa shape index (κ3) is 6.18. The van der Waals surface area contributed by atoms with Gasteiger partial charge < -0.3 is 9.47 Å². The van der Waals surface area contributed by atoms with Crippen LogP contribution in [0.1, 0.15) is 10.4 Å². The normalized spacial score (nSPS) is 11.1. The summed E-state index contributed by atoms with van der Waals surface area (Å²) in [7, 11) is 1.49. The Morgan fingerprint density at radius 3 is 2.32 bits per heavy atom. The number of benzene rings is 2. The zero-order valence-electron chi connectivity index (χ0n) is 15.8. The number of nitrogens with one attached hydrogen (secondary N) is 1. The molecule has 9 nitrogen and oxygen atoms in total. The second kappa shape index (κ2) is 9.47. The molecule has 0 aliphatic rings. The van der Waals surface area contributed by atoms with Crippen LogP contribution in [0.15, 0.2) is 53.7 Å². The van der Waals surface area contributed by atoms with Crippen molar-refractivity contribution in [3.63, 3.8) is 0 Å². The van der Waals surface area contributed by atoms with Gasteiger partial charge in [0.15, 0.2) is 0 Å². The van der Waals surface area contributed by atoms with Gasteiger partial charge in [-0.2, -0.15) is 4.68 Å². The maximum Gasteiger partial charge on any atom is 0.573 e. The lowest BCUT2D eigenvalue weighted by Crippen LogP contribution is -2.31. The molecule has 13 heteroatoms. The second-order valence-electron chi connectivity index (χ2n) is 5.81. The molecule has 3 aromatic rings. The van der Waals surface area contributed by atoms with E-state index in [-0.39, 0.29) is 16.5 Å². The van der Waals surface area contributed by atoms with E-state index >= 15 is 0 Å². The van der Waals surface area contributed by atoms with E-state index in [0.29, 0.717) is 11.4 Å². The van der Waals surface area contributed by atoms with E-state index in [1.54, 1.807) is 12.1 Å². The van der Waals surface area contributed by atoms with Crippen molar-refractivity contribution >= 4 is 23.6 Å². The van der Waals surface area contributed by atoms with Crippen molar-refractivity contribution in [3.8, 4) is 17.2 Å². The van der Waals surface area contributed by atoms with Gasteiger partial charge in [-0.25, -0.2) is 0 Å². The summed E-state index contributed by atoms with van der Waals surface area (Å²) in [4.78, 5) is 24.2. The summed E-state index contributed by atoms with van der Waals surface area (Å²) in [5.41, 5.74) is 0.641.